The van der Waals surface area contributed by atoms with Crippen molar-refractivity contribution < 1.29 is 23.8 Å². The maximum absolute atomic E-state index is 11.3. The van der Waals surface area contributed by atoms with Crippen LogP contribution >= 0.6 is 0 Å². The molecule has 3 unspecified atom stereocenters. The van der Waals surface area contributed by atoms with Gasteiger partial charge in [-0.25, -0.2) is 9.59 Å². The summed E-state index contributed by atoms with van der Waals surface area (Å²) in [6.45, 7) is 4.93. The first-order valence-corrected chi connectivity index (χ1v) is 4.48. The topological polar surface area (TPSA) is 61.8 Å². The molecule has 1 saturated heterocycles. The van der Waals surface area contributed by atoms with E-state index in [0.717, 1.165) is 0 Å². The molecule has 0 aromatic carbocycles. The highest BCUT2D eigenvalue weighted by Gasteiger charge is 2.49. The summed E-state index contributed by atoms with van der Waals surface area (Å²) in [6, 6.07) is 0. The third-order valence-corrected chi connectivity index (χ3v) is 2.19. The van der Waals surface area contributed by atoms with E-state index in [-0.39, 0.29) is 5.57 Å². The molecule has 0 bridgehead atoms. The molecule has 5 nitrogen and oxygen atoms in total. The van der Waals surface area contributed by atoms with E-state index in [9.17, 15) is 9.59 Å². The quantitative estimate of drug-likeness (QED) is 0.485. The summed E-state index contributed by atoms with van der Waals surface area (Å²) >= 11 is 0. The Hall–Kier alpha value is -1.78. The Bertz CT molecular complexity index is 357. The normalized spacial score (nSPS) is 31.8. The number of carbonyl (C=O) groups excluding carboxylic acids is 2. The molecule has 3 atom stereocenters. The third-order valence-electron chi connectivity index (χ3n) is 2.19. The zero-order valence-corrected chi connectivity index (χ0v) is 8.14. The van der Waals surface area contributed by atoms with E-state index in [4.69, 9.17) is 14.2 Å². The van der Waals surface area contributed by atoms with E-state index in [2.05, 4.69) is 6.58 Å². The summed E-state index contributed by atoms with van der Waals surface area (Å²) in [4.78, 5) is 22.5. The lowest BCUT2D eigenvalue weighted by Crippen LogP contribution is -2.34. The zero-order chi connectivity index (χ0) is 11.0. The number of hydrogen-bond acceptors (Lipinski definition) is 5. The molecule has 0 aromatic heterocycles. The summed E-state index contributed by atoms with van der Waals surface area (Å²) in [5.41, 5.74) is 0.234. The van der Waals surface area contributed by atoms with Crippen LogP contribution in [0.15, 0.2) is 24.5 Å². The Morgan fingerprint density at radius 3 is 3.00 bits per heavy atom. The van der Waals surface area contributed by atoms with Crippen molar-refractivity contribution in [2.75, 3.05) is 0 Å². The lowest BCUT2D eigenvalue weighted by molar-refractivity contribution is -0.160. The molecule has 80 valence electrons. The van der Waals surface area contributed by atoms with Crippen LogP contribution in [-0.4, -0.2) is 30.3 Å². The third kappa shape index (κ3) is 1.60. The van der Waals surface area contributed by atoms with Crippen molar-refractivity contribution in [3.63, 3.8) is 0 Å². The van der Waals surface area contributed by atoms with Crippen molar-refractivity contribution in [1.29, 1.82) is 0 Å². The Morgan fingerprint density at radius 2 is 2.33 bits per heavy atom. The van der Waals surface area contributed by atoms with Gasteiger partial charge in [0.1, 0.15) is 0 Å². The Labute approximate surface area is 86.3 Å². The fourth-order valence-corrected chi connectivity index (χ4v) is 1.42. The minimum atomic E-state index is -0.991. The zero-order valence-electron chi connectivity index (χ0n) is 8.14. The van der Waals surface area contributed by atoms with Crippen molar-refractivity contribution in [2.24, 2.45) is 0 Å². The molecular weight excluding hydrogens is 200 g/mol. The SMILES string of the molecule is C=C(C)C(=O)OC1C(=O)OC2C=COC21. The van der Waals surface area contributed by atoms with Crippen LogP contribution in [0, 0.1) is 0 Å². The average Bonchev–Trinajstić information content (AvgIpc) is 2.69. The lowest BCUT2D eigenvalue weighted by atomic mass is 10.1. The van der Waals surface area contributed by atoms with Gasteiger partial charge in [-0.1, -0.05) is 6.58 Å². The summed E-state index contributed by atoms with van der Waals surface area (Å²) in [5, 5.41) is 0. The fourth-order valence-electron chi connectivity index (χ4n) is 1.42. The van der Waals surface area contributed by atoms with Crippen LogP contribution in [0.3, 0.4) is 0 Å². The van der Waals surface area contributed by atoms with Crippen molar-refractivity contribution in [2.45, 2.75) is 25.2 Å². The molecule has 0 aromatic rings. The van der Waals surface area contributed by atoms with Gasteiger partial charge < -0.3 is 14.2 Å². The van der Waals surface area contributed by atoms with E-state index in [0.29, 0.717) is 0 Å². The van der Waals surface area contributed by atoms with Gasteiger partial charge in [-0.2, -0.15) is 0 Å². The van der Waals surface area contributed by atoms with Crippen LogP contribution in [-0.2, 0) is 23.8 Å². The number of esters is 2. The largest absolute Gasteiger partial charge is 0.489 e. The Kier molecular flexibility index (Phi) is 2.22. The minimum absolute atomic E-state index is 0.234. The molecule has 0 aliphatic carbocycles. The summed E-state index contributed by atoms with van der Waals surface area (Å²) in [7, 11) is 0. The number of ether oxygens (including phenoxy) is 3. The summed E-state index contributed by atoms with van der Waals surface area (Å²) < 4.78 is 14.9. The molecule has 0 radical (unpaired) electrons. The van der Waals surface area contributed by atoms with Gasteiger partial charge in [-0.05, 0) is 13.0 Å². The van der Waals surface area contributed by atoms with E-state index >= 15 is 0 Å². The van der Waals surface area contributed by atoms with Gasteiger partial charge in [-0.3, -0.25) is 0 Å². The fraction of sp³-hybridized carbons (Fsp3) is 0.400. The lowest BCUT2D eigenvalue weighted by Gasteiger charge is -2.14. The van der Waals surface area contributed by atoms with Crippen LogP contribution in [0.2, 0.25) is 0 Å². The highest BCUT2D eigenvalue weighted by atomic mass is 16.6. The monoisotopic (exact) mass is 210 g/mol. The Balaban J connectivity index is 2.06. The molecule has 2 aliphatic rings. The molecule has 0 amide bonds. The van der Waals surface area contributed by atoms with Crippen molar-refractivity contribution >= 4 is 11.9 Å². The van der Waals surface area contributed by atoms with Crippen molar-refractivity contribution in [1.82, 2.24) is 0 Å². The van der Waals surface area contributed by atoms with Crippen LogP contribution in [0.4, 0.5) is 0 Å². The van der Waals surface area contributed by atoms with Gasteiger partial charge in [0.2, 0.25) is 6.10 Å². The maximum Gasteiger partial charge on any atom is 0.352 e. The molecule has 5 heteroatoms. The first-order valence-electron chi connectivity index (χ1n) is 4.48. The van der Waals surface area contributed by atoms with Crippen LogP contribution < -0.4 is 0 Å². The van der Waals surface area contributed by atoms with E-state index < -0.39 is 30.3 Å². The molecule has 0 saturated carbocycles. The number of fused-ring (bicyclic) bond motifs is 1. The Morgan fingerprint density at radius 1 is 1.60 bits per heavy atom. The minimum Gasteiger partial charge on any atom is -0.489 e. The molecule has 2 heterocycles. The molecule has 0 N–H and O–H groups in total. The summed E-state index contributed by atoms with van der Waals surface area (Å²) in [5.74, 6) is -1.20. The molecule has 1 fully saturated rings. The summed E-state index contributed by atoms with van der Waals surface area (Å²) in [6.07, 6.45) is 1.05. The van der Waals surface area contributed by atoms with Gasteiger partial charge in [0.05, 0.1) is 6.26 Å². The van der Waals surface area contributed by atoms with Gasteiger partial charge in [-0.15, -0.1) is 0 Å². The molecular formula is C10H10O5. The highest BCUT2D eigenvalue weighted by molar-refractivity contribution is 5.90. The second-order valence-electron chi connectivity index (χ2n) is 3.44. The van der Waals surface area contributed by atoms with Gasteiger partial charge in [0.25, 0.3) is 0 Å². The standard InChI is InChI=1S/C10H10O5/c1-5(2)9(11)15-8-7-6(3-4-13-7)14-10(8)12/h3-4,6-8H,1H2,2H3. The van der Waals surface area contributed by atoms with E-state index in [1.54, 1.807) is 6.08 Å². The first kappa shape index (κ1) is 9.76. The van der Waals surface area contributed by atoms with Gasteiger partial charge in [0.15, 0.2) is 12.2 Å². The predicted molar refractivity (Wildman–Crippen MR) is 48.6 cm³/mol. The molecule has 2 rings (SSSR count). The molecule has 0 spiro atoms. The van der Waals surface area contributed by atoms with Crippen LogP contribution in [0.1, 0.15) is 6.92 Å². The predicted octanol–water partition coefficient (Wildman–Crippen LogP) is 0.312. The first-order chi connectivity index (χ1) is 7.09. The molecule has 15 heavy (non-hydrogen) atoms. The van der Waals surface area contributed by atoms with E-state index in [1.807, 2.05) is 0 Å². The number of hydrogen-bond donors (Lipinski definition) is 0. The van der Waals surface area contributed by atoms with Crippen LogP contribution in [0.25, 0.3) is 0 Å². The van der Waals surface area contributed by atoms with Crippen molar-refractivity contribution in [3.8, 4) is 0 Å². The average molecular weight is 210 g/mol. The second kappa shape index (κ2) is 3.42. The number of rotatable bonds is 2. The van der Waals surface area contributed by atoms with Gasteiger partial charge in [0, 0.05) is 5.57 Å². The molecule has 2 aliphatic heterocycles. The van der Waals surface area contributed by atoms with Crippen LogP contribution in [0.5, 0.6) is 0 Å². The number of carbonyl (C=O) groups is 2. The second-order valence-corrected chi connectivity index (χ2v) is 3.44. The highest BCUT2D eigenvalue weighted by Crippen LogP contribution is 2.27. The smallest absolute Gasteiger partial charge is 0.352 e. The van der Waals surface area contributed by atoms with Crippen molar-refractivity contribution in [3.05, 3.63) is 24.5 Å². The van der Waals surface area contributed by atoms with E-state index in [1.165, 1.54) is 13.2 Å². The maximum atomic E-state index is 11.3. The van der Waals surface area contributed by atoms with Gasteiger partial charge >= 0.3 is 11.9 Å².